The molecule has 2 rings (SSSR count). The topological polar surface area (TPSA) is 93.9 Å². The number of rotatable bonds is 5. The highest BCUT2D eigenvalue weighted by Gasteiger charge is 2.17. The normalized spacial score (nSPS) is 11.7. The smallest absolute Gasteiger partial charge is 0.249 e. The third-order valence-corrected chi connectivity index (χ3v) is 3.45. The Bertz CT molecular complexity index is 715. The molecule has 0 spiro atoms. The van der Waals surface area contributed by atoms with E-state index < -0.39 is 0 Å². The van der Waals surface area contributed by atoms with E-state index in [1.54, 1.807) is 7.11 Å². The molecule has 1 aromatic heterocycles. The Kier molecular flexibility index (Phi) is 4.79. The Hall–Kier alpha value is -2.81. The fourth-order valence-electron chi connectivity index (χ4n) is 2.35. The van der Waals surface area contributed by atoms with Gasteiger partial charge in [-0.2, -0.15) is 15.0 Å². The van der Waals surface area contributed by atoms with E-state index in [1.807, 2.05) is 37.3 Å². The molecule has 1 aromatic carbocycles. The number of hydrogen-bond donors (Lipinski definition) is 1. The predicted octanol–water partition coefficient (Wildman–Crippen LogP) is 2.25. The molecule has 2 N–H and O–H groups in total. The number of hydrogen-bond acceptors (Lipinski definition) is 5. The summed E-state index contributed by atoms with van der Waals surface area (Å²) in [6, 6.07) is 9.63. The number of para-hydroxylation sites is 1. The Balaban J connectivity index is 2.05. The Morgan fingerprint density at radius 3 is 2.86 bits per heavy atom. The maximum atomic E-state index is 12.2. The molecule has 2 aromatic rings. The van der Waals surface area contributed by atoms with Crippen LogP contribution in [0.1, 0.15) is 29.3 Å². The van der Waals surface area contributed by atoms with Gasteiger partial charge in [0.25, 0.3) is 0 Å². The molecule has 0 amide bonds. The second kappa shape index (κ2) is 6.76. The van der Waals surface area contributed by atoms with Crippen molar-refractivity contribution in [3.63, 3.8) is 0 Å². The van der Waals surface area contributed by atoms with Gasteiger partial charge in [0.2, 0.25) is 5.91 Å². The van der Waals surface area contributed by atoms with E-state index in [0.717, 1.165) is 16.0 Å². The highest BCUT2D eigenvalue weighted by Crippen LogP contribution is 2.22. The minimum absolute atomic E-state index is 0.0944. The average molecular weight is 298 g/mol. The summed E-state index contributed by atoms with van der Waals surface area (Å²) >= 11 is 0. The number of anilines is 1. The molecule has 0 radical (unpaired) electrons. The van der Waals surface area contributed by atoms with Gasteiger partial charge in [0.05, 0.1) is 13.3 Å². The van der Waals surface area contributed by atoms with Gasteiger partial charge in [0, 0.05) is 6.42 Å². The van der Waals surface area contributed by atoms with Crippen LogP contribution in [0.15, 0.2) is 30.5 Å². The van der Waals surface area contributed by atoms with Gasteiger partial charge in [0.15, 0.2) is 0 Å². The van der Waals surface area contributed by atoms with Crippen LogP contribution in [0.5, 0.6) is 5.75 Å². The van der Waals surface area contributed by atoms with Crippen molar-refractivity contribution in [2.75, 3.05) is 12.8 Å². The van der Waals surface area contributed by atoms with Crippen LogP contribution in [0.4, 0.5) is 5.82 Å². The van der Waals surface area contributed by atoms with Crippen LogP contribution in [0.2, 0.25) is 0 Å². The maximum Gasteiger partial charge on any atom is 0.249 e. The number of benzene rings is 1. The molecule has 114 valence electrons. The average Bonchev–Trinajstić information content (AvgIpc) is 2.88. The van der Waals surface area contributed by atoms with Crippen molar-refractivity contribution in [1.29, 1.82) is 5.26 Å². The van der Waals surface area contributed by atoms with Crippen LogP contribution in [0, 0.1) is 17.2 Å². The van der Waals surface area contributed by atoms with Gasteiger partial charge in [-0.15, -0.1) is 0 Å². The van der Waals surface area contributed by atoms with Gasteiger partial charge in [-0.3, -0.25) is 4.79 Å². The number of nitrogen functional groups attached to an aromatic ring is 1. The summed E-state index contributed by atoms with van der Waals surface area (Å²) in [4.78, 5) is 12.2. The van der Waals surface area contributed by atoms with Crippen LogP contribution >= 0.6 is 0 Å². The molecular weight excluding hydrogens is 280 g/mol. The molecule has 6 nitrogen and oxygen atoms in total. The summed E-state index contributed by atoms with van der Waals surface area (Å²) in [6.07, 6.45) is 2.30. The number of carbonyl (C=O) groups excluding carboxylic acids is 1. The van der Waals surface area contributed by atoms with Crippen LogP contribution < -0.4 is 10.5 Å². The van der Waals surface area contributed by atoms with E-state index in [0.29, 0.717) is 6.42 Å². The summed E-state index contributed by atoms with van der Waals surface area (Å²) in [5.41, 5.74) is 6.99. The van der Waals surface area contributed by atoms with Gasteiger partial charge in [-0.25, -0.2) is 0 Å². The largest absolute Gasteiger partial charge is 0.496 e. The molecule has 22 heavy (non-hydrogen) atoms. The molecule has 0 unspecified atom stereocenters. The van der Waals surface area contributed by atoms with Crippen molar-refractivity contribution < 1.29 is 9.53 Å². The van der Waals surface area contributed by atoms with E-state index in [-0.39, 0.29) is 29.6 Å². The zero-order valence-corrected chi connectivity index (χ0v) is 12.6. The molecular formula is C16H18N4O2. The fourth-order valence-corrected chi connectivity index (χ4v) is 2.35. The molecule has 6 heteroatoms. The van der Waals surface area contributed by atoms with Crippen molar-refractivity contribution in [2.45, 2.75) is 19.8 Å². The van der Waals surface area contributed by atoms with Crippen molar-refractivity contribution in [1.82, 2.24) is 9.78 Å². The number of methoxy groups -OCH3 is 1. The Morgan fingerprint density at radius 1 is 1.50 bits per heavy atom. The van der Waals surface area contributed by atoms with Crippen LogP contribution in [0.3, 0.4) is 0 Å². The summed E-state index contributed by atoms with van der Waals surface area (Å²) in [7, 11) is 1.63. The SMILES string of the molecule is COc1ccccc1C[C@@H](C)CC(=O)n1ncc(C#N)c1N. The van der Waals surface area contributed by atoms with Gasteiger partial charge in [-0.05, 0) is 24.0 Å². The minimum atomic E-state index is -0.221. The van der Waals surface area contributed by atoms with E-state index in [2.05, 4.69) is 5.10 Å². The summed E-state index contributed by atoms with van der Waals surface area (Å²) in [5.74, 6) is 0.781. The Labute approximate surface area is 129 Å². The first-order valence-electron chi connectivity index (χ1n) is 6.95. The van der Waals surface area contributed by atoms with Crippen LogP contribution in [-0.4, -0.2) is 22.8 Å². The standard InChI is InChI=1S/C16H18N4O2/c1-11(7-12-5-3-4-6-14(12)22-2)8-15(21)20-16(18)13(9-17)10-19-20/h3-6,10-11H,7-8,18H2,1-2H3/t11-/m1/s1. The van der Waals surface area contributed by atoms with E-state index in [4.69, 9.17) is 15.7 Å². The van der Waals surface area contributed by atoms with Gasteiger partial charge in [-0.1, -0.05) is 25.1 Å². The first-order valence-corrected chi connectivity index (χ1v) is 6.95. The third-order valence-electron chi connectivity index (χ3n) is 3.45. The number of nitrogens with zero attached hydrogens (tertiary/aromatic N) is 3. The number of carbonyl (C=O) groups is 1. The molecule has 0 aliphatic rings. The van der Waals surface area contributed by atoms with Crippen LogP contribution in [-0.2, 0) is 6.42 Å². The first-order chi connectivity index (χ1) is 10.6. The predicted molar refractivity (Wildman–Crippen MR) is 82.5 cm³/mol. The lowest BCUT2D eigenvalue weighted by Gasteiger charge is -2.13. The second-order valence-corrected chi connectivity index (χ2v) is 5.19. The molecule has 0 aliphatic heterocycles. The number of nitriles is 1. The molecule has 1 atom stereocenters. The zero-order valence-electron chi connectivity index (χ0n) is 12.6. The van der Waals surface area contributed by atoms with Crippen molar-refractivity contribution in [3.8, 4) is 11.8 Å². The number of aromatic nitrogens is 2. The van der Waals surface area contributed by atoms with E-state index >= 15 is 0 Å². The lowest BCUT2D eigenvalue weighted by Crippen LogP contribution is -2.18. The highest BCUT2D eigenvalue weighted by molar-refractivity contribution is 5.82. The lowest BCUT2D eigenvalue weighted by atomic mass is 9.97. The third kappa shape index (κ3) is 3.26. The lowest BCUT2D eigenvalue weighted by molar-refractivity contribution is 0.0870. The molecule has 0 aliphatic carbocycles. The fraction of sp³-hybridized carbons (Fsp3) is 0.312. The van der Waals surface area contributed by atoms with E-state index in [9.17, 15) is 4.79 Å². The summed E-state index contributed by atoms with van der Waals surface area (Å²) in [6.45, 7) is 1.98. The quantitative estimate of drug-likeness (QED) is 0.913. The number of ether oxygens (including phenoxy) is 1. The molecule has 1 heterocycles. The van der Waals surface area contributed by atoms with Crippen molar-refractivity contribution in [3.05, 3.63) is 41.6 Å². The van der Waals surface area contributed by atoms with Gasteiger partial charge in [0.1, 0.15) is 23.2 Å². The van der Waals surface area contributed by atoms with Gasteiger partial charge >= 0.3 is 0 Å². The maximum absolute atomic E-state index is 12.2. The van der Waals surface area contributed by atoms with Gasteiger partial charge < -0.3 is 10.5 Å². The molecule has 0 saturated heterocycles. The summed E-state index contributed by atoms with van der Waals surface area (Å²) in [5, 5.41) is 12.7. The molecule has 0 bridgehead atoms. The molecule has 0 saturated carbocycles. The zero-order chi connectivity index (χ0) is 16.1. The monoisotopic (exact) mass is 298 g/mol. The van der Waals surface area contributed by atoms with Crippen molar-refractivity contribution in [2.24, 2.45) is 5.92 Å². The highest BCUT2D eigenvalue weighted by atomic mass is 16.5. The van der Waals surface area contributed by atoms with E-state index in [1.165, 1.54) is 6.20 Å². The minimum Gasteiger partial charge on any atom is -0.496 e. The number of nitrogens with two attached hydrogens (primary N) is 1. The van der Waals surface area contributed by atoms with Crippen LogP contribution in [0.25, 0.3) is 0 Å². The first kappa shape index (κ1) is 15.6. The molecule has 0 fully saturated rings. The second-order valence-electron chi connectivity index (χ2n) is 5.19. The van der Waals surface area contributed by atoms with Crippen molar-refractivity contribution >= 4 is 11.7 Å². The summed E-state index contributed by atoms with van der Waals surface area (Å²) < 4.78 is 6.41. The Morgan fingerprint density at radius 2 is 2.23 bits per heavy atom.